The summed E-state index contributed by atoms with van der Waals surface area (Å²) >= 11 is 0. The van der Waals surface area contributed by atoms with Crippen LogP contribution in [0.2, 0.25) is 0 Å². The zero-order valence-corrected chi connectivity index (χ0v) is 8.68. The molecule has 0 aliphatic carbocycles. The fourth-order valence-electron chi connectivity index (χ4n) is 1.31. The smallest absolute Gasteiger partial charge is 0.245 e. The summed E-state index contributed by atoms with van der Waals surface area (Å²) in [6, 6.07) is 0. The van der Waals surface area contributed by atoms with Gasteiger partial charge in [-0.2, -0.15) is 8.42 Å². The molecular weight excluding hydrogens is 192 g/mol. The summed E-state index contributed by atoms with van der Waals surface area (Å²) in [4.78, 5) is 0. The predicted octanol–water partition coefficient (Wildman–Crippen LogP) is 1.62. The third-order valence-corrected chi connectivity index (χ3v) is 2.96. The average Bonchev–Trinajstić information content (AvgIpc) is 2.40. The van der Waals surface area contributed by atoms with Crippen molar-refractivity contribution in [2.45, 2.75) is 45.1 Å². The van der Waals surface area contributed by atoms with Crippen LogP contribution in [-0.4, -0.2) is 21.1 Å². The molecule has 0 bridgehead atoms. The maximum absolute atomic E-state index is 10.7. The van der Waals surface area contributed by atoms with Crippen molar-refractivity contribution in [3.8, 4) is 0 Å². The van der Waals surface area contributed by atoms with Crippen LogP contribution in [0.1, 0.15) is 39.0 Å². The average molecular weight is 208 g/mol. The highest BCUT2D eigenvalue weighted by Gasteiger charge is 2.29. The fourth-order valence-corrected chi connectivity index (χ4v) is 2.17. The maximum atomic E-state index is 10.7. The van der Waals surface area contributed by atoms with Gasteiger partial charge in [0.25, 0.3) is 0 Å². The Hall–Kier alpha value is -0.130. The molecule has 1 heterocycles. The van der Waals surface area contributed by atoms with E-state index in [2.05, 4.69) is 15.3 Å². The molecule has 0 aromatic heterocycles. The standard InChI is InChI=1S/C8H16O4S/c1-2-3-4-5-6-8-7-11-13(9,10)12-8/h8H,2-7H2,1H3. The van der Waals surface area contributed by atoms with Crippen molar-refractivity contribution in [1.82, 2.24) is 0 Å². The Labute approximate surface area is 79.6 Å². The van der Waals surface area contributed by atoms with E-state index in [-0.39, 0.29) is 12.7 Å². The van der Waals surface area contributed by atoms with Crippen LogP contribution in [0.15, 0.2) is 0 Å². The van der Waals surface area contributed by atoms with Crippen LogP contribution in [0.25, 0.3) is 0 Å². The minimum Gasteiger partial charge on any atom is -0.245 e. The van der Waals surface area contributed by atoms with Crippen molar-refractivity contribution in [3.05, 3.63) is 0 Å². The molecule has 0 amide bonds. The maximum Gasteiger partial charge on any atom is 0.400 e. The van der Waals surface area contributed by atoms with Gasteiger partial charge in [0.15, 0.2) is 0 Å². The van der Waals surface area contributed by atoms with E-state index in [1.165, 1.54) is 12.8 Å². The van der Waals surface area contributed by atoms with Gasteiger partial charge in [-0.3, -0.25) is 0 Å². The van der Waals surface area contributed by atoms with Crippen LogP contribution < -0.4 is 0 Å². The summed E-state index contributed by atoms with van der Waals surface area (Å²) in [5.74, 6) is 0. The largest absolute Gasteiger partial charge is 0.400 e. The SMILES string of the molecule is CCCCCCC1COS(=O)(=O)O1. The first-order valence-electron chi connectivity index (χ1n) is 4.71. The highest BCUT2D eigenvalue weighted by Crippen LogP contribution is 2.18. The molecule has 78 valence electrons. The zero-order chi connectivity index (χ0) is 9.73. The molecule has 1 saturated heterocycles. The van der Waals surface area contributed by atoms with Crippen molar-refractivity contribution in [3.63, 3.8) is 0 Å². The molecule has 0 spiro atoms. The molecule has 1 rings (SSSR count). The van der Waals surface area contributed by atoms with Gasteiger partial charge in [-0.25, -0.2) is 8.37 Å². The van der Waals surface area contributed by atoms with E-state index >= 15 is 0 Å². The fraction of sp³-hybridized carbons (Fsp3) is 1.00. The Kier molecular flexibility index (Phi) is 4.15. The number of unbranched alkanes of at least 4 members (excludes halogenated alkanes) is 3. The molecule has 5 heteroatoms. The minimum absolute atomic E-state index is 0.189. The van der Waals surface area contributed by atoms with Gasteiger partial charge in [0.05, 0.1) is 6.61 Å². The van der Waals surface area contributed by atoms with E-state index in [1.54, 1.807) is 0 Å². The lowest BCUT2D eigenvalue weighted by Gasteiger charge is -2.03. The highest BCUT2D eigenvalue weighted by atomic mass is 32.3. The van der Waals surface area contributed by atoms with E-state index in [0.29, 0.717) is 0 Å². The monoisotopic (exact) mass is 208 g/mol. The Morgan fingerprint density at radius 2 is 2.08 bits per heavy atom. The van der Waals surface area contributed by atoms with E-state index in [1.807, 2.05) is 0 Å². The Morgan fingerprint density at radius 1 is 1.31 bits per heavy atom. The van der Waals surface area contributed by atoms with E-state index in [0.717, 1.165) is 19.3 Å². The first-order valence-corrected chi connectivity index (χ1v) is 6.05. The van der Waals surface area contributed by atoms with Crippen molar-refractivity contribution in [2.24, 2.45) is 0 Å². The lowest BCUT2D eigenvalue weighted by atomic mass is 10.1. The molecule has 1 aliphatic heterocycles. The molecule has 0 aromatic carbocycles. The second-order valence-electron chi connectivity index (χ2n) is 3.26. The molecule has 1 unspecified atom stereocenters. The molecule has 1 aliphatic rings. The molecular formula is C8H16O4S. The third-order valence-electron chi connectivity index (χ3n) is 2.03. The van der Waals surface area contributed by atoms with Crippen molar-refractivity contribution >= 4 is 10.4 Å². The number of rotatable bonds is 5. The van der Waals surface area contributed by atoms with E-state index in [4.69, 9.17) is 0 Å². The summed E-state index contributed by atoms with van der Waals surface area (Å²) in [5.41, 5.74) is 0. The van der Waals surface area contributed by atoms with Gasteiger partial charge in [-0.15, -0.1) is 0 Å². The van der Waals surface area contributed by atoms with E-state index < -0.39 is 10.4 Å². The lowest BCUT2D eigenvalue weighted by molar-refractivity contribution is 0.218. The van der Waals surface area contributed by atoms with Crippen molar-refractivity contribution in [1.29, 1.82) is 0 Å². The van der Waals surface area contributed by atoms with Gasteiger partial charge >= 0.3 is 10.4 Å². The van der Waals surface area contributed by atoms with Gasteiger partial charge in [0, 0.05) is 0 Å². The lowest BCUT2D eigenvalue weighted by Crippen LogP contribution is -2.09. The summed E-state index contributed by atoms with van der Waals surface area (Å²) in [6.07, 6.45) is 5.05. The third kappa shape index (κ3) is 4.06. The molecule has 0 radical (unpaired) electrons. The predicted molar refractivity (Wildman–Crippen MR) is 48.5 cm³/mol. The van der Waals surface area contributed by atoms with Gasteiger partial charge in [0.2, 0.25) is 0 Å². The van der Waals surface area contributed by atoms with Gasteiger partial charge in [-0.05, 0) is 6.42 Å². The van der Waals surface area contributed by atoms with Crippen LogP contribution in [0.4, 0.5) is 0 Å². The topological polar surface area (TPSA) is 52.6 Å². The van der Waals surface area contributed by atoms with Crippen LogP contribution in [0.5, 0.6) is 0 Å². The summed E-state index contributed by atoms with van der Waals surface area (Å²) in [5, 5.41) is 0. The Balaban J connectivity index is 2.11. The quantitative estimate of drug-likeness (QED) is 0.644. The second kappa shape index (κ2) is 4.93. The van der Waals surface area contributed by atoms with E-state index in [9.17, 15) is 8.42 Å². The Bertz CT molecular complexity index is 235. The first kappa shape index (κ1) is 10.9. The summed E-state index contributed by atoms with van der Waals surface area (Å²) in [6.45, 7) is 2.33. The molecule has 0 saturated carbocycles. The number of hydrogen-bond donors (Lipinski definition) is 0. The molecule has 1 fully saturated rings. The van der Waals surface area contributed by atoms with Gasteiger partial charge in [-0.1, -0.05) is 32.6 Å². The number of hydrogen-bond acceptors (Lipinski definition) is 4. The summed E-state index contributed by atoms with van der Waals surface area (Å²) < 4.78 is 30.5. The van der Waals surface area contributed by atoms with Crippen LogP contribution >= 0.6 is 0 Å². The molecule has 0 N–H and O–H groups in total. The van der Waals surface area contributed by atoms with Crippen LogP contribution in [-0.2, 0) is 18.8 Å². The molecule has 1 atom stereocenters. The zero-order valence-electron chi connectivity index (χ0n) is 7.86. The van der Waals surface area contributed by atoms with Gasteiger partial charge < -0.3 is 0 Å². The van der Waals surface area contributed by atoms with Crippen molar-refractivity contribution in [2.75, 3.05) is 6.61 Å². The Morgan fingerprint density at radius 3 is 2.62 bits per heavy atom. The van der Waals surface area contributed by atoms with Crippen LogP contribution in [0.3, 0.4) is 0 Å². The highest BCUT2D eigenvalue weighted by molar-refractivity contribution is 7.82. The van der Waals surface area contributed by atoms with Gasteiger partial charge in [0.1, 0.15) is 6.10 Å². The van der Waals surface area contributed by atoms with Crippen LogP contribution in [0, 0.1) is 0 Å². The molecule has 4 nitrogen and oxygen atoms in total. The normalized spacial score (nSPS) is 26.4. The second-order valence-corrected chi connectivity index (χ2v) is 4.50. The minimum atomic E-state index is -3.64. The first-order chi connectivity index (χ1) is 6.14. The van der Waals surface area contributed by atoms with Crippen molar-refractivity contribution < 1.29 is 16.8 Å². The molecule has 0 aromatic rings. The molecule has 13 heavy (non-hydrogen) atoms. The summed E-state index contributed by atoms with van der Waals surface area (Å²) in [7, 11) is -3.64.